The Bertz CT molecular complexity index is 370. The molecule has 0 bridgehead atoms. The van der Waals surface area contributed by atoms with Gasteiger partial charge in [0, 0.05) is 12.1 Å². The van der Waals surface area contributed by atoms with E-state index in [2.05, 4.69) is 23.1 Å². The number of para-hydroxylation sites is 1. The minimum atomic E-state index is 0.329. The number of ether oxygens (including phenoxy) is 2. The molecule has 0 aliphatic carbocycles. The molecular weight excluding hydrogens is 214 g/mol. The van der Waals surface area contributed by atoms with Gasteiger partial charge in [0.05, 0.1) is 6.61 Å². The van der Waals surface area contributed by atoms with E-state index in [0.29, 0.717) is 12.7 Å². The Balaban J connectivity index is 1.63. The van der Waals surface area contributed by atoms with Gasteiger partial charge in [0.25, 0.3) is 0 Å². The smallest absolute Gasteiger partial charge is 0.123 e. The summed E-state index contributed by atoms with van der Waals surface area (Å²) in [4.78, 5) is 2.50. The molecule has 1 unspecified atom stereocenters. The third-order valence-electron chi connectivity index (χ3n) is 3.39. The second-order valence-electron chi connectivity index (χ2n) is 4.86. The molecule has 1 aromatic carbocycles. The molecule has 3 nitrogen and oxygen atoms in total. The molecule has 2 fully saturated rings. The number of epoxide rings is 1. The average Bonchev–Trinajstić information content (AvgIpc) is 3.05. The molecule has 0 aromatic heterocycles. The summed E-state index contributed by atoms with van der Waals surface area (Å²) in [6, 6.07) is 8.36. The van der Waals surface area contributed by atoms with Crippen LogP contribution in [0.15, 0.2) is 24.3 Å². The molecule has 2 saturated heterocycles. The minimum absolute atomic E-state index is 0.329. The van der Waals surface area contributed by atoms with Crippen molar-refractivity contribution in [2.24, 2.45) is 0 Å². The first-order valence-electron chi connectivity index (χ1n) is 6.46. The summed E-state index contributed by atoms with van der Waals surface area (Å²) in [5.74, 6) is 1.02. The molecule has 2 aliphatic heterocycles. The third kappa shape index (κ3) is 2.99. The van der Waals surface area contributed by atoms with Crippen molar-refractivity contribution in [3.63, 3.8) is 0 Å². The van der Waals surface area contributed by atoms with Gasteiger partial charge in [-0.05, 0) is 32.0 Å². The van der Waals surface area contributed by atoms with Crippen molar-refractivity contribution < 1.29 is 9.47 Å². The van der Waals surface area contributed by atoms with Gasteiger partial charge in [-0.1, -0.05) is 18.2 Å². The van der Waals surface area contributed by atoms with Crippen LogP contribution >= 0.6 is 0 Å². The lowest BCUT2D eigenvalue weighted by Gasteiger charge is -2.17. The monoisotopic (exact) mass is 233 g/mol. The van der Waals surface area contributed by atoms with Gasteiger partial charge in [0.15, 0.2) is 0 Å². The number of benzene rings is 1. The van der Waals surface area contributed by atoms with Crippen molar-refractivity contribution in [2.45, 2.75) is 25.5 Å². The summed E-state index contributed by atoms with van der Waals surface area (Å²) in [6.07, 6.45) is 2.99. The van der Waals surface area contributed by atoms with Crippen LogP contribution in [0.3, 0.4) is 0 Å². The first-order valence-corrected chi connectivity index (χ1v) is 6.46. The van der Waals surface area contributed by atoms with E-state index in [1.165, 1.54) is 31.5 Å². The Hall–Kier alpha value is -1.06. The highest BCUT2D eigenvalue weighted by molar-refractivity contribution is 5.33. The van der Waals surface area contributed by atoms with E-state index in [1.54, 1.807) is 0 Å². The Kier molecular flexibility index (Phi) is 3.29. The van der Waals surface area contributed by atoms with Crippen molar-refractivity contribution in [1.29, 1.82) is 0 Å². The molecule has 1 aromatic rings. The zero-order valence-electron chi connectivity index (χ0n) is 10.1. The first kappa shape index (κ1) is 11.1. The van der Waals surface area contributed by atoms with Crippen LogP contribution in [-0.2, 0) is 11.3 Å². The van der Waals surface area contributed by atoms with Crippen LogP contribution < -0.4 is 4.74 Å². The predicted molar refractivity (Wildman–Crippen MR) is 66.2 cm³/mol. The van der Waals surface area contributed by atoms with Crippen LogP contribution in [0.4, 0.5) is 0 Å². The fraction of sp³-hybridized carbons (Fsp3) is 0.571. The van der Waals surface area contributed by atoms with E-state index in [0.717, 1.165) is 18.9 Å². The molecule has 2 aliphatic rings. The molecule has 0 N–H and O–H groups in total. The van der Waals surface area contributed by atoms with E-state index < -0.39 is 0 Å². The van der Waals surface area contributed by atoms with Crippen molar-refractivity contribution >= 4 is 0 Å². The SMILES string of the molecule is c1ccc(OCC2CO2)c(CN2CCCC2)c1. The van der Waals surface area contributed by atoms with Crippen LogP contribution in [0.2, 0.25) is 0 Å². The maximum atomic E-state index is 5.82. The second-order valence-corrected chi connectivity index (χ2v) is 4.86. The maximum absolute atomic E-state index is 5.82. The lowest BCUT2D eigenvalue weighted by Crippen LogP contribution is -2.19. The lowest BCUT2D eigenvalue weighted by molar-refractivity contribution is 0.255. The number of hydrogen-bond donors (Lipinski definition) is 0. The highest BCUT2D eigenvalue weighted by Crippen LogP contribution is 2.23. The van der Waals surface area contributed by atoms with Gasteiger partial charge in [-0.2, -0.15) is 0 Å². The van der Waals surface area contributed by atoms with E-state index in [9.17, 15) is 0 Å². The largest absolute Gasteiger partial charge is 0.490 e. The minimum Gasteiger partial charge on any atom is -0.490 e. The van der Waals surface area contributed by atoms with Gasteiger partial charge < -0.3 is 9.47 Å². The first-order chi connectivity index (χ1) is 8.42. The Morgan fingerprint density at radius 1 is 1.24 bits per heavy atom. The molecular formula is C14H19NO2. The molecule has 92 valence electrons. The molecule has 0 saturated carbocycles. The Morgan fingerprint density at radius 2 is 2.00 bits per heavy atom. The highest BCUT2D eigenvalue weighted by atomic mass is 16.6. The number of nitrogens with zero attached hydrogens (tertiary/aromatic N) is 1. The Labute approximate surface area is 102 Å². The Morgan fingerprint density at radius 3 is 2.76 bits per heavy atom. The van der Waals surface area contributed by atoms with E-state index >= 15 is 0 Å². The number of rotatable bonds is 5. The number of hydrogen-bond acceptors (Lipinski definition) is 3. The average molecular weight is 233 g/mol. The summed E-state index contributed by atoms with van der Waals surface area (Å²) < 4.78 is 11.0. The topological polar surface area (TPSA) is 25.0 Å². The zero-order chi connectivity index (χ0) is 11.5. The van der Waals surface area contributed by atoms with E-state index in [4.69, 9.17) is 9.47 Å². The fourth-order valence-electron chi connectivity index (χ4n) is 2.30. The summed E-state index contributed by atoms with van der Waals surface area (Å²) in [5.41, 5.74) is 1.30. The third-order valence-corrected chi connectivity index (χ3v) is 3.39. The normalized spacial score (nSPS) is 23.9. The maximum Gasteiger partial charge on any atom is 0.123 e. The molecule has 17 heavy (non-hydrogen) atoms. The van der Waals surface area contributed by atoms with Crippen LogP contribution in [0.25, 0.3) is 0 Å². The van der Waals surface area contributed by atoms with Gasteiger partial charge in [-0.25, -0.2) is 0 Å². The quantitative estimate of drug-likeness (QED) is 0.728. The summed E-state index contributed by atoms with van der Waals surface area (Å²) in [7, 11) is 0. The van der Waals surface area contributed by atoms with Gasteiger partial charge in [0.1, 0.15) is 18.5 Å². The van der Waals surface area contributed by atoms with Gasteiger partial charge in [-0.3, -0.25) is 4.90 Å². The highest BCUT2D eigenvalue weighted by Gasteiger charge is 2.23. The van der Waals surface area contributed by atoms with Crippen LogP contribution in [-0.4, -0.2) is 37.3 Å². The van der Waals surface area contributed by atoms with E-state index in [1.807, 2.05) is 6.07 Å². The van der Waals surface area contributed by atoms with Crippen LogP contribution in [0, 0.1) is 0 Å². The predicted octanol–water partition coefficient (Wildman–Crippen LogP) is 2.06. The van der Waals surface area contributed by atoms with E-state index in [-0.39, 0.29) is 0 Å². The van der Waals surface area contributed by atoms with Crippen LogP contribution in [0.1, 0.15) is 18.4 Å². The van der Waals surface area contributed by atoms with Crippen molar-refractivity contribution in [3.05, 3.63) is 29.8 Å². The molecule has 1 atom stereocenters. The van der Waals surface area contributed by atoms with Gasteiger partial charge >= 0.3 is 0 Å². The molecule has 3 heteroatoms. The summed E-state index contributed by atoms with van der Waals surface area (Å²) in [6.45, 7) is 5.01. The van der Waals surface area contributed by atoms with Crippen LogP contribution in [0.5, 0.6) is 5.75 Å². The molecule has 3 rings (SSSR count). The van der Waals surface area contributed by atoms with Gasteiger partial charge in [0.2, 0.25) is 0 Å². The summed E-state index contributed by atoms with van der Waals surface area (Å²) >= 11 is 0. The van der Waals surface area contributed by atoms with Gasteiger partial charge in [-0.15, -0.1) is 0 Å². The molecule has 0 amide bonds. The molecule has 0 radical (unpaired) electrons. The molecule has 2 heterocycles. The second kappa shape index (κ2) is 5.07. The number of likely N-dealkylation sites (tertiary alicyclic amines) is 1. The van der Waals surface area contributed by atoms with Crippen molar-refractivity contribution in [3.8, 4) is 5.75 Å². The van der Waals surface area contributed by atoms with Crippen molar-refractivity contribution in [2.75, 3.05) is 26.3 Å². The fourth-order valence-corrected chi connectivity index (χ4v) is 2.30. The zero-order valence-corrected chi connectivity index (χ0v) is 10.1. The summed E-state index contributed by atoms with van der Waals surface area (Å²) in [5, 5.41) is 0. The van der Waals surface area contributed by atoms with Crippen molar-refractivity contribution in [1.82, 2.24) is 4.90 Å². The molecule has 0 spiro atoms. The standard InChI is InChI=1S/C14H19NO2/c1-2-6-14(17-11-13-10-16-13)12(5-1)9-15-7-3-4-8-15/h1-2,5-6,13H,3-4,7-11H2. The lowest BCUT2D eigenvalue weighted by atomic mass is 10.2.